The van der Waals surface area contributed by atoms with Crippen LogP contribution in [0.25, 0.3) is 0 Å². The minimum absolute atomic E-state index is 0.00694. The van der Waals surface area contributed by atoms with Crippen LogP contribution in [-0.2, 0) is 0 Å². The molecule has 0 unspecified atom stereocenters. The molecule has 0 spiro atoms. The van der Waals surface area contributed by atoms with Gasteiger partial charge in [0.2, 0.25) is 5.88 Å². The van der Waals surface area contributed by atoms with Gasteiger partial charge in [-0.25, -0.2) is 4.98 Å². The van der Waals surface area contributed by atoms with Crippen molar-refractivity contribution in [1.29, 1.82) is 0 Å². The smallest absolute Gasteiger partial charge is 0.213 e. The van der Waals surface area contributed by atoms with Crippen molar-refractivity contribution in [1.82, 2.24) is 4.98 Å². The summed E-state index contributed by atoms with van der Waals surface area (Å²) in [5, 5.41) is 8.75. The summed E-state index contributed by atoms with van der Waals surface area (Å²) in [6.45, 7) is 3.51. The van der Waals surface area contributed by atoms with Crippen molar-refractivity contribution < 1.29 is 5.11 Å². The molecule has 0 fully saturated rings. The Kier molecular flexibility index (Phi) is 1.16. The molecule has 1 aromatic rings. The lowest BCUT2D eigenvalue weighted by Gasteiger charge is -1.90. The highest BCUT2D eigenvalue weighted by Crippen LogP contribution is 2.07. The summed E-state index contributed by atoms with van der Waals surface area (Å²) in [7, 11) is 0. The first-order chi connectivity index (χ1) is 3.80. The van der Waals surface area contributed by atoms with Gasteiger partial charge in [-0.2, -0.15) is 0 Å². The van der Waals surface area contributed by atoms with Gasteiger partial charge in [0.25, 0.3) is 0 Å². The van der Waals surface area contributed by atoms with Crippen molar-refractivity contribution in [2.75, 3.05) is 0 Å². The van der Waals surface area contributed by atoms with Crippen LogP contribution in [0.4, 0.5) is 0 Å². The molecule has 8 heavy (non-hydrogen) atoms. The van der Waals surface area contributed by atoms with Crippen LogP contribution < -0.4 is 0 Å². The first kappa shape index (κ1) is 5.09. The Labute approximate surface area is 47.8 Å². The van der Waals surface area contributed by atoms with Crippen LogP contribution in [0.5, 0.6) is 5.88 Å². The lowest BCUT2D eigenvalue weighted by atomic mass is 10.3. The lowest BCUT2D eigenvalue weighted by Crippen LogP contribution is -1.75. The topological polar surface area (TPSA) is 33.1 Å². The van der Waals surface area contributed by atoms with E-state index in [0.29, 0.717) is 5.56 Å². The van der Waals surface area contributed by atoms with E-state index in [9.17, 15) is 0 Å². The molecule has 1 aromatic heterocycles. The Balaban J connectivity index is 3.13. The van der Waals surface area contributed by atoms with E-state index >= 15 is 0 Å². The predicted molar refractivity (Wildman–Crippen MR) is 30.4 cm³/mol. The van der Waals surface area contributed by atoms with E-state index in [2.05, 4.69) is 11.9 Å². The minimum Gasteiger partial charge on any atom is -0.493 e. The van der Waals surface area contributed by atoms with Crippen molar-refractivity contribution in [2.45, 2.75) is 0 Å². The molecule has 0 aromatic carbocycles. The maximum absolute atomic E-state index is 8.75. The number of aromatic nitrogens is 1. The van der Waals surface area contributed by atoms with Gasteiger partial charge in [-0.3, -0.25) is 0 Å². The number of rotatable bonds is 0. The van der Waals surface area contributed by atoms with Crippen molar-refractivity contribution in [3.63, 3.8) is 0 Å². The Bertz CT molecular complexity index is 165. The number of aromatic hydroxyl groups is 1. The molecular formula is C6H6NO. The van der Waals surface area contributed by atoms with Crippen molar-refractivity contribution in [3.8, 4) is 5.88 Å². The third-order valence-electron chi connectivity index (χ3n) is 0.868. The average molecular weight is 108 g/mol. The molecule has 0 bridgehead atoms. The zero-order valence-corrected chi connectivity index (χ0v) is 4.33. The quantitative estimate of drug-likeness (QED) is 0.537. The molecule has 1 N–H and O–H groups in total. The summed E-state index contributed by atoms with van der Waals surface area (Å²) in [6.07, 6.45) is 1.52. The molecule has 1 radical (unpaired) electrons. The summed E-state index contributed by atoms with van der Waals surface area (Å²) in [4.78, 5) is 3.57. The molecule has 0 aliphatic rings. The Morgan fingerprint density at radius 1 is 1.62 bits per heavy atom. The van der Waals surface area contributed by atoms with Gasteiger partial charge in [-0.1, -0.05) is 6.07 Å². The molecule has 0 aliphatic heterocycles. The molecule has 0 saturated carbocycles. The van der Waals surface area contributed by atoms with E-state index in [1.54, 1.807) is 12.1 Å². The van der Waals surface area contributed by atoms with E-state index < -0.39 is 0 Å². The SMILES string of the molecule is [CH2]c1cccnc1O. The van der Waals surface area contributed by atoms with E-state index in [1.807, 2.05) is 0 Å². The number of hydrogen-bond donors (Lipinski definition) is 1. The van der Waals surface area contributed by atoms with Crippen molar-refractivity contribution in [3.05, 3.63) is 30.8 Å². The number of nitrogens with zero attached hydrogens (tertiary/aromatic N) is 1. The van der Waals surface area contributed by atoms with Gasteiger partial charge in [-0.15, -0.1) is 0 Å². The van der Waals surface area contributed by atoms with Gasteiger partial charge in [0.15, 0.2) is 0 Å². The standard InChI is InChI=1S/C6H6NO/c1-5-3-2-4-7-6(5)8/h2-4H,1H2,(H,7,8). The summed E-state index contributed by atoms with van der Waals surface area (Å²) < 4.78 is 0. The maximum atomic E-state index is 8.75. The van der Waals surface area contributed by atoms with E-state index in [4.69, 9.17) is 5.11 Å². The fraction of sp³-hybridized carbons (Fsp3) is 0. The highest BCUT2D eigenvalue weighted by molar-refractivity contribution is 5.25. The molecule has 1 rings (SSSR count). The van der Waals surface area contributed by atoms with E-state index in [1.165, 1.54) is 6.20 Å². The zero-order chi connectivity index (χ0) is 5.98. The number of hydrogen-bond acceptors (Lipinski definition) is 2. The second-order valence-electron chi connectivity index (χ2n) is 1.49. The van der Waals surface area contributed by atoms with Gasteiger partial charge in [0.1, 0.15) is 0 Å². The molecule has 0 aliphatic carbocycles. The Hall–Kier alpha value is -1.05. The van der Waals surface area contributed by atoms with Crippen molar-refractivity contribution in [2.24, 2.45) is 0 Å². The highest BCUT2D eigenvalue weighted by Gasteiger charge is 1.89. The highest BCUT2D eigenvalue weighted by atomic mass is 16.3. The third-order valence-corrected chi connectivity index (χ3v) is 0.868. The normalized spacial score (nSPS) is 9.12. The average Bonchev–Trinajstić information content (AvgIpc) is 1.77. The monoisotopic (exact) mass is 108 g/mol. The van der Waals surface area contributed by atoms with Gasteiger partial charge >= 0.3 is 0 Å². The van der Waals surface area contributed by atoms with Crippen molar-refractivity contribution >= 4 is 0 Å². The zero-order valence-electron chi connectivity index (χ0n) is 4.33. The second-order valence-corrected chi connectivity index (χ2v) is 1.49. The van der Waals surface area contributed by atoms with Gasteiger partial charge < -0.3 is 5.11 Å². The maximum Gasteiger partial charge on any atom is 0.213 e. The molecule has 0 saturated heterocycles. The Morgan fingerprint density at radius 2 is 2.38 bits per heavy atom. The molecule has 0 atom stereocenters. The molecule has 41 valence electrons. The molecule has 2 nitrogen and oxygen atoms in total. The lowest BCUT2D eigenvalue weighted by molar-refractivity contribution is 0.451. The van der Waals surface area contributed by atoms with Crippen LogP contribution >= 0.6 is 0 Å². The van der Waals surface area contributed by atoms with Crippen LogP contribution in [0.15, 0.2) is 18.3 Å². The fourth-order valence-electron chi connectivity index (χ4n) is 0.430. The first-order valence-corrected chi connectivity index (χ1v) is 2.26. The summed E-state index contributed by atoms with van der Waals surface area (Å²) in [6, 6.07) is 3.42. The van der Waals surface area contributed by atoms with Crippen LogP contribution in [0.2, 0.25) is 0 Å². The first-order valence-electron chi connectivity index (χ1n) is 2.26. The number of pyridine rings is 1. The predicted octanol–water partition coefficient (Wildman–Crippen LogP) is 0.969. The molecule has 1 heterocycles. The van der Waals surface area contributed by atoms with Crippen LogP contribution in [0, 0.1) is 6.92 Å². The summed E-state index contributed by atoms with van der Waals surface area (Å²) in [5.41, 5.74) is 0.563. The van der Waals surface area contributed by atoms with Gasteiger partial charge in [0.05, 0.1) is 0 Å². The van der Waals surface area contributed by atoms with Crippen LogP contribution in [0.1, 0.15) is 5.56 Å². The summed E-state index contributed by atoms with van der Waals surface area (Å²) in [5.74, 6) is 0.00694. The molecule has 2 heteroatoms. The van der Waals surface area contributed by atoms with Gasteiger partial charge in [-0.05, 0) is 13.0 Å². The summed E-state index contributed by atoms with van der Waals surface area (Å²) >= 11 is 0. The third kappa shape index (κ3) is 0.780. The van der Waals surface area contributed by atoms with Gasteiger partial charge in [0, 0.05) is 11.8 Å². The second kappa shape index (κ2) is 1.82. The minimum atomic E-state index is 0.00694. The van der Waals surface area contributed by atoms with Crippen LogP contribution in [-0.4, -0.2) is 10.1 Å². The van der Waals surface area contributed by atoms with Crippen LogP contribution in [0.3, 0.4) is 0 Å². The molecular weight excluding hydrogens is 102 g/mol. The molecule has 0 amide bonds. The largest absolute Gasteiger partial charge is 0.493 e. The van der Waals surface area contributed by atoms with E-state index in [-0.39, 0.29) is 5.88 Å². The fourth-order valence-corrected chi connectivity index (χ4v) is 0.430. The van der Waals surface area contributed by atoms with E-state index in [0.717, 1.165) is 0 Å². The Morgan fingerprint density at radius 3 is 2.75 bits per heavy atom.